The second-order valence-corrected chi connectivity index (χ2v) is 15.4. The van der Waals surface area contributed by atoms with Crippen molar-refractivity contribution >= 4 is 17.8 Å². The summed E-state index contributed by atoms with van der Waals surface area (Å²) in [5.74, 6) is -0.974. The van der Waals surface area contributed by atoms with Crippen molar-refractivity contribution in [3.8, 4) is 0 Å². The van der Waals surface area contributed by atoms with Gasteiger partial charge in [-0.2, -0.15) is 0 Å². The summed E-state index contributed by atoms with van der Waals surface area (Å²) in [7, 11) is 0. The maximum atomic E-state index is 13.2. The van der Waals surface area contributed by atoms with E-state index < -0.39 is 6.04 Å². The molecule has 2 atom stereocenters. The summed E-state index contributed by atoms with van der Waals surface area (Å²) in [5.41, 5.74) is 0. The van der Waals surface area contributed by atoms with Crippen LogP contribution in [0.5, 0.6) is 0 Å². The van der Waals surface area contributed by atoms with E-state index in [-0.39, 0.29) is 62.7 Å². The van der Waals surface area contributed by atoms with E-state index in [0.29, 0.717) is 39.0 Å². The molecule has 0 aromatic heterocycles. The van der Waals surface area contributed by atoms with Gasteiger partial charge in [-0.05, 0) is 51.4 Å². The van der Waals surface area contributed by atoms with E-state index in [1.54, 1.807) is 4.90 Å². The first kappa shape index (κ1) is 52.3. The molecule has 0 bridgehead atoms. The van der Waals surface area contributed by atoms with Crippen molar-refractivity contribution in [2.75, 3.05) is 33.0 Å². The zero-order valence-electron chi connectivity index (χ0n) is 36.0. The Morgan fingerprint density at radius 1 is 0.519 bits per heavy atom. The van der Waals surface area contributed by atoms with E-state index >= 15 is 0 Å². The molecule has 320 valence electrons. The molecule has 0 spiro atoms. The number of aliphatic hydroxyl groups excluding tert-OH is 1. The standard InChI is InChI=1S/C45H87NO8/c1-6-11-14-17-19-21-23-26-36-51-45(52-37-27-24-22-20-18-15-12-7-2)32-28-31-43(49)53-39-40(38-47)46(35-10-5)42(48)33-34-44(50)54-41(29-9-4)30-25-16-13-8-3/h40-41,45,47H,6-39H2,1-5H3. The van der Waals surface area contributed by atoms with Gasteiger partial charge >= 0.3 is 11.9 Å². The minimum atomic E-state index is -0.665. The van der Waals surface area contributed by atoms with Crippen molar-refractivity contribution in [3.05, 3.63) is 0 Å². The second-order valence-electron chi connectivity index (χ2n) is 15.4. The van der Waals surface area contributed by atoms with Gasteiger partial charge in [-0.1, -0.05) is 150 Å². The third-order valence-corrected chi connectivity index (χ3v) is 10.1. The lowest BCUT2D eigenvalue weighted by atomic mass is 10.1. The maximum absolute atomic E-state index is 13.2. The predicted octanol–water partition coefficient (Wildman–Crippen LogP) is 11.4. The molecule has 0 rings (SSSR count). The van der Waals surface area contributed by atoms with Crippen molar-refractivity contribution < 1.29 is 38.4 Å². The zero-order valence-corrected chi connectivity index (χ0v) is 36.0. The molecule has 0 aromatic carbocycles. The summed E-state index contributed by atoms with van der Waals surface area (Å²) in [4.78, 5) is 40.2. The van der Waals surface area contributed by atoms with Crippen LogP contribution in [0.4, 0.5) is 0 Å². The fourth-order valence-corrected chi connectivity index (χ4v) is 6.76. The Hall–Kier alpha value is -1.71. The van der Waals surface area contributed by atoms with Crippen LogP contribution in [-0.2, 0) is 33.3 Å². The molecule has 0 radical (unpaired) electrons. The predicted molar refractivity (Wildman–Crippen MR) is 221 cm³/mol. The summed E-state index contributed by atoms with van der Waals surface area (Å²) in [5, 5.41) is 10.2. The van der Waals surface area contributed by atoms with Gasteiger partial charge < -0.3 is 29.0 Å². The molecule has 9 heteroatoms. The van der Waals surface area contributed by atoms with Crippen LogP contribution in [0.2, 0.25) is 0 Å². The van der Waals surface area contributed by atoms with Crippen molar-refractivity contribution in [1.29, 1.82) is 0 Å². The van der Waals surface area contributed by atoms with E-state index in [9.17, 15) is 19.5 Å². The third-order valence-electron chi connectivity index (χ3n) is 10.1. The molecular weight excluding hydrogens is 682 g/mol. The molecule has 2 unspecified atom stereocenters. The van der Waals surface area contributed by atoms with Gasteiger partial charge in [0.15, 0.2) is 6.29 Å². The second kappa shape index (κ2) is 39.5. The summed E-state index contributed by atoms with van der Waals surface area (Å²) >= 11 is 0. The van der Waals surface area contributed by atoms with Crippen LogP contribution < -0.4 is 0 Å². The summed E-state index contributed by atoms with van der Waals surface area (Å²) < 4.78 is 23.6. The number of amides is 1. The van der Waals surface area contributed by atoms with E-state index in [2.05, 4.69) is 27.7 Å². The number of hydrogen-bond acceptors (Lipinski definition) is 8. The molecule has 1 N–H and O–H groups in total. The van der Waals surface area contributed by atoms with Gasteiger partial charge in [0.1, 0.15) is 12.7 Å². The number of ether oxygens (including phenoxy) is 4. The lowest BCUT2D eigenvalue weighted by Crippen LogP contribution is -2.46. The summed E-state index contributed by atoms with van der Waals surface area (Å²) in [6, 6.07) is -0.665. The lowest BCUT2D eigenvalue weighted by molar-refractivity contribution is -0.154. The molecule has 0 heterocycles. The quantitative estimate of drug-likeness (QED) is 0.0372. The number of unbranched alkanes of at least 4 members (excludes halogenated alkanes) is 17. The smallest absolute Gasteiger partial charge is 0.306 e. The Kier molecular flexibility index (Phi) is 38.3. The average Bonchev–Trinajstić information content (AvgIpc) is 3.16. The highest BCUT2D eigenvalue weighted by molar-refractivity contribution is 5.81. The van der Waals surface area contributed by atoms with Crippen molar-refractivity contribution in [3.63, 3.8) is 0 Å². The first-order chi connectivity index (χ1) is 26.4. The monoisotopic (exact) mass is 770 g/mol. The lowest BCUT2D eigenvalue weighted by Gasteiger charge is -2.30. The van der Waals surface area contributed by atoms with Crippen LogP contribution in [0, 0.1) is 0 Å². The molecule has 0 aliphatic carbocycles. The molecule has 0 saturated heterocycles. The van der Waals surface area contributed by atoms with Crippen LogP contribution in [0.25, 0.3) is 0 Å². The molecule has 0 aromatic rings. The molecule has 9 nitrogen and oxygen atoms in total. The third kappa shape index (κ3) is 31.5. The van der Waals surface area contributed by atoms with E-state index in [0.717, 1.165) is 64.2 Å². The maximum Gasteiger partial charge on any atom is 0.306 e. The molecule has 0 saturated carbocycles. The molecule has 1 amide bonds. The highest BCUT2D eigenvalue weighted by atomic mass is 16.7. The van der Waals surface area contributed by atoms with Crippen LogP contribution in [0.15, 0.2) is 0 Å². The van der Waals surface area contributed by atoms with Gasteiger partial charge in [0.05, 0.1) is 19.1 Å². The highest BCUT2D eigenvalue weighted by Crippen LogP contribution is 2.17. The van der Waals surface area contributed by atoms with Crippen LogP contribution >= 0.6 is 0 Å². The number of carbonyl (C=O) groups excluding carboxylic acids is 3. The first-order valence-corrected chi connectivity index (χ1v) is 22.8. The summed E-state index contributed by atoms with van der Waals surface area (Å²) in [6.07, 6.45) is 28.6. The Morgan fingerprint density at radius 3 is 1.54 bits per heavy atom. The van der Waals surface area contributed by atoms with Crippen molar-refractivity contribution in [1.82, 2.24) is 4.90 Å². The van der Waals surface area contributed by atoms with Crippen molar-refractivity contribution in [2.24, 2.45) is 0 Å². The number of hydrogen-bond donors (Lipinski definition) is 1. The van der Waals surface area contributed by atoms with Gasteiger partial charge in [-0.25, -0.2) is 0 Å². The first-order valence-electron chi connectivity index (χ1n) is 22.8. The Balaban J connectivity index is 4.80. The number of nitrogens with zero attached hydrogens (tertiary/aromatic N) is 1. The van der Waals surface area contributed by atoms with Gasteiger partial charge in [0.2, 0.25) is 5.91 Å². The highest BCUT2D eigenvalue weighted by Gasteiger charge is 2.25. The minimum absolute atomic E-state index is 0.00271. The Morgan fingerprint density at radius 2 is 1.04 bits per heavy atom. The normalized spacial score (nSPS) is 12.6. The van der Waals surface area contributed by atoms with Crippen LogP contribution in [0.3, 0.4) is 0 Å². The van der Waals surface area contributed by atoms with E-state index in [4.69, 9.17) is 18.9 Å². The zero-order chi connectivity index (χ0) is 39.9. The fourth-order valence-electron chi connectivity index (χ4n) is 6.76. The average molecular weight is 770 g/mol. The van der Waals surface area contributed by atoms with Gasteiger partial charge in [-0.15, -0.1) is 0 Å². The van der Waals surface area contributed by atoms with Crippen LogP contribution in [0.1, 0.15) is 221 Å². The molecule has 0 fully saturated rings. The number of esters is 2. The fraction of sp³-hybridized carbons (Fsp3) is 0.933. The minimum Gasteiger partial charge on any atom is -0.463 e. The van der Waals surface area contributed by atoms with E-state index in [1.165, 1.54) is 83.5 Å². The van der Waals surface area contributed by atoms with Gasteiger partial charge in [0.25, 0.3) is 0 Å². The van der Waals surface area contributed by atoms with Gasteiger partial charge in [0, 0.05) is 32.6 Å². The molecular formula is C45H87NO8. The number of rotatable bonds is 41. The van der Waals surface area contributed by atoms with E-state index in [1.807, 2.05) is 6.92 Å². The molecule has 54 heavy (non-hydrogen) atoms. The largest absolute Gasteiger partial charge is 0.463 e. The summed E-state index contributed by atoms with van der Waals surface area (Å²) in [6.45, 7) is 12.0. The van der Waals surface area contributed by atoms with Crippen LogP contribution in [-0.4, -0.2) is 79.3 Å². The molecule has 0 aliphatic heterocycles. The number of carbonyl (C=O) groups is 3. The number of aliphatic hydroxyl groups is 1. The topological polar surface area (TPSA) is 112 Å². The van der Waals surface area contributed by atoms with Gasteiger partial charge in [-0.3, -0.25) is 14.4 Å². The Bertz CT molecular complexity index is 834. The molecule has 0 aliphatic rings. The SMILES string of the molecule is CCCCCCCCCCOC(CCCC(=O)OCC(CO)N(CCC)C(=O)CCC(=O)OC(CCC)CCCCCC)OCCCCCCCCCC. The van der Waals surface area contributed by atoms with Crippen molar-refractivity contribution in [2.45, 2.75) is 239 Å². The Labute approximate surface area is 332 Å².